The quantitative estimate of drug-likeness (QED) is 0.752. The molecule has 6 heteroatoms. The van der Waals surface area contributed by atoms with Gasteiger partial charge < -0.3 is 10.1 Å². The van der Waals surface area contributed by atoms with E-state index in [1.54, 1.807) is 0 Å². The molecule has 1 atom stereocenters. The van der Waals surface area contributed by atoms with E-state index in [2.05, 4.69) is 21.4 Å². The first-order chi connectivity index (χ1) is 13.2. The van der Waals surface area contributed by atoms with E-state index < -0.39 is 5.92 Å². The van der Waals surface area contributed by atoms with Gasteiger partial charge in [-0.25, -0.2) is 0 Å². The average Bonchev–Trinajstić information content (AvgIpc) is 2.73. The van der Waals surface area contributed by atoms with Crippen LogP contribution in [0.1, 0.15) is 22.6 Å². The molecule has 3 aromatic rings. The summed E-state index contributed by atoms with van der Waals surface area (Å²) in [5.41, 5.74) is 2.87. The van der Waals surface area contributed by atoms with Gasteiger partial charge in [0.05, 0.1) is 35.9 Å². The number of ether oxygens (including phenoxy) is 1. The Kier molecular flexibility index (Phi) is 4.19. The summed E-state index contributed by atoms with van der Waals surface area (Å²) in [6.45, 7) is 0. The Bertz CT molecular complexity index is 1110. The second-order valence-corrected chi connectivity index (χ2v) is 6.07. The van der Waals surface area contributed by atoms with Crippen LogP contribution in [0.5, 0.6) is 6.01 Å². The van der Waals surface area contributed by atoms with Crippen molar-refractivity contribution in [2.24, 2.45) is 0 Å². The Labute approximate surface area is 155 Å². The summed E-state index contributed by atoms with van der Waals surface area (Å²) in [7, 11) is 1.44. The maximum absolute atomic E-state index is 12.8. The molecule has 2 heterocycles. The number of rotatable bonds is 3. The zero-order valence-electron chi connectivity index (χ0n) is 14.6. The van der Waals surface area contributed by atoms with Crippen molar-refractivity contribution in [2.75, 3.05) is 12.4 Å². The highest BCUT2D eigenvalue weighted by Crippen LogP contribution is 2.41. The number of nitrogens with one attached hydrogen (secondary N) is 2. The maximum atomic E-state index is 12.8. The Hall–Kier alpha value is -3.85. The number of hydrogen-bond acceptors (Lipinski definition) is 5. The van der Waals surface area contributed by atoms with E-state index in [0.717, 1.165) is 11.1 Å². The van der Waals surface area contributed by atoms with Crippen LogP contribution in [0.25, 0.3) is 5.70 Å². The zero-order chi connectivity index (χ0) is 18.8. The van der Waals surface area contributed by atoms with Gasteiger partial charge in [-0.2, -0.15) is 10.2 Å². The predicted molar refractivity (Wildman–Crippen MR) is 102 cm³/mol. The van der Waals surface area contributed by atoms with Gasteiger partial charge in [0.2, 0.25) is 0 Å². The normalized spacial score (nSPS) is 15.5. The van der Waals surface area contributed by atoms with Crippen LogP contribution < -0.4 is 15.6 Å². The molecule has 1 aliphatic rings. The molecule has 27 heavy (non-hydrogen) atoms. The molecular weight excluding hydrogens is 340 g/mol. The summed E-state index contributed by atoms with van der Waals surface area (Å²) >= 11 is 0. The number of nitrogens with zero attached hydrogens (tertiary/aromatic N) is 2. The van der Waals surface area contributed by atoms with E-state index in [1.165, 1.54) is 7.11 Å². The molecule has 4 rings (SSSR count). The minimum Gasteiger partial charge on any atom is -0.468 e. The number of fused-ring (bicyclic) bond motifs is 1. The molecule has 0 spiro atoms. The van der Waals surface area contributed by atoms with Crippen LogP contribution >= 0.6 is 0 Å². The lowest BCUT2D eigenvalue weighted by molar-refractivity contribution is 0.378. The first-order valence-corrected chi connectivity index (χ1v) is 8.42. The summed E-state index contributed by atoms with van der Waals surface area (Å²) in [4.78, 5) is 19.8. The second-order valence-electron chi connectivity index (χ2n) is 6.07. The molecule has 0 saturated carbocycles. The third kappa shape index (κ3) is 2.85. The van der Waals surface area contributed by atoms with E-state index in [9.17, 15) is 10.1 Å². The lowest BCUT2D eigenvalue weighted by Gasteiger charge is -2.28. The molecule has 0 radical (unpaired) electrons. The fraction of sp³-hybridized carbons (Fsp3) is 0.0952. The number of allylic oxidation sites excluding steroid dienone is 1. The summed E-state index contributed by atoms with van der Waals surface area (Å²) in [6, 6.07) is 21.4. The number of aromatic nitrogens is 2. The highest BCUT2D eigenvalue weighted by atomic mass is 16.5. The molecule has 132 valence electrons. The van der Waals surface area contributed by atoms with Crippen molar-refractivity contribution in [1.29, 1.82) is 5.26 Å². The molecule has 0 amide bonds. The summed E-state index contributed by atoms with van der Waals surface area (Å²) in [5.74, 6) is -0.132. The molecule has 2 aromatic carbocycles. The first kappa shape index (κ1) is 16.6. The van der Waals surface area contributed by atoms with Gasteiger partial charge in [0.15, 0.2) is 0 Å². The Morgan fingerprint density at radius 2 is 1.74 bits per heavy atom. The number of methoxy groups -OCH3 is 1. The van der Waals surface area contributed by atoms with Crippen molar-refractivity contribution in [3.8, 4) is 12.1 Å². The molecular formula is C21H16N4O2. The molecule has 0 bridgehead atoms. The molecule has 0 fully saturated rings. The van der Waals surface area contributed by atoms with Crippen LogP contribution in [0, 0.1) is 11.3 Å². The fourth-order valence-corrected chi connectivity index (χ4v) is 3.33. The predicted octanol–water partition coefficient (Wildman–Crippen LogP) is 3.27. The Balaban J connectivity index is 2.03. The summed E-state index contributed by atoms with van der Waals surface area (Å²) < 4.78 is 5.11. The van der Waals surface area contributed by atoms with Gasteiger partial charge in [0.25, 0.3) is 11.6 Å². The van der Waals surface area contributed by atoms with Gasteiger partial charge in [-0.1, -0.05) is 60.7 Å². The number of hydrogen-bond donors (Lipinski definition) is 2. The number of aromatic amines is 1. The van der Waals surface area contributed by atoms with Crippen LogP contribution in [0.15, 0.2) is 71.0 Å². The topological polar surface area (TPSA) is 90.8 Å². The van der Waals surface area contributed by atoms with Crippen molar-refractivity contribution >= 4 is 11.5 Å². The van der Waals surface area contributed by atoms with Gasteiger partial charge in [-0.3, -0.25) is 9.78 Å². The molecule has 0 aliphatic carbocycles. The largest absolute Gasteiger partial charge is 0.468 e. The van der Waals surface area contributed by atoms with Crippen molar-refractivity contribution in [1.82, 2.24) is 9.97 Å². The van der Waals surface area contributed by atoms with Gasteiger partial charge in [-0.15, -0.1) is 0 Å². The monoisotopic (exact) mass is 356 g/mol. The van der Waals surface area contributed by atoms with Crippen molar-refractivity contribution in [2.45, 2.75) is 5.92 Å². The minimum absolute atomic E-state index is 0.117. The highest BCUT2D eigenvalue weighted by molar-refractivity contribution is 5.86. The molecule has 0 saturated heterocycles. The minimum atomic E-state index is -0.523. The standard InChI is InChI=1S/C21H16N4O2/c1-27-21-24-19-17(20(26)25-21)16(13-8-4-2-5-9-13)15(12-22)18(23-19)14-10-6-3-7-11-14/h2-11,16H,1H3,(H2,23,24,25,26). The van der Waals surface area contributed by atoms with Crippen LogP contribution in [-0.2, 0) is 0 Å². The van der Waals surface area contributed by atoms with E-state index in [4.69, 9.17) is 4.74 Å². The number of anilines is 1. The first-order valence-electron chi connectivity index (χ1n) is 8.42. The van der Waals surface area contributed by atoms with Crippen molar-refractivity contribution in [3.63, 3.8) is 0 Å². The fourth-order valence-electron chi connectivity index (χ4n) is 3.33. The second kappa shape index (κ2) is 6.81. The van der Waals surface area contributed by atoms with E-state index in [-0.39, 0.29) is 11.6 Å². The smallest absolute Gasteiger partial charge is 0.298 e. The Morgan fingerprint density at radius 3 is 2.37 bits per heavy atom. The molecule has 6 nitrogen and oxygen atoms in total. The lowest BCUT2D eigenvalue weighted by atomic mass is 9.81. The SMILES string of the molecule is COc1nc2c(c(=O)[nH]1)C(c1ccccc1)C(C#N)=C(c1ccccc1)N2. The van der Waals surface area contributed by atoms with Gasteiger partial charge in [-0.05, 0) is 11.1 Å². The number of nitriles is 1. The molecule has 1 unspecified atom stereocenters. The van der Waals surface area contributed by atoms with Gasteiger partial charge >= 0.3 is 0 Å². The van der Waals surface area contributed by atoms with E-state index in [1.807, 2.05) is 60.7 Å². The van der Waals surface area contributed by atoms with E-state index in [0.29, 0.717) is 22.7 Å². The molecule has 2 N–H and O–H groups in total. The lowest BCUT2D eigenvalue weighted by Crippen LogP contribution is -2.27. The summed E-state index contributed by atoms with van der Waals surface area (Å²) in [5, 5.41) is 13.1. The Morgan fingerprint density at radius 1 is 1.07 bits per heavy atom. The van der Waals surface area contributed by atoms with Crippen molar-refractivity contribution < 1.29 is 4.74 Å². The van der Waals surface area contributed by atoms with Gasteiger partial charge in [0, 0.05) is 0 Å². The van der Waals surface area contributed by atoms with Crippen LogP contribution in [0.2, 0.25) is 0 Å². The van der Waals surface area contributed by atoms with Gasteiger partial charge in [0.1, 0.15) is 5.82 Å². The highest BCUT2D eigenvalue weighted by Gasteiger charge is 2.34. The van der Waals surface area contributed by atoms with E-state index >= 15 is 0 Å². The maximum Gasteiger partial charge on any atom is 0.298 e. The third-order valence-corrected chi connectivity index (χ3v) is 4.53. The van der Waals surface area contributed by atoms with Crippen molar-refractivity contribution in [3.05, 3.63) is 93.3 Å². The average molecular weight is 356 g/mol. The third-order valence-electron chi connectivity index (χ3n) is 4.53. The molecule has 1 aromatic heterocycles. The molecule has 1 aliphatic heterocycles. The summed E-state index contributed by atoms with van der Waals surface area (Å²) in [6.07, 6.45) is 0. The van der Waals surface area contributed by atoms with Crippen LogP contribution in [0.4, 0.5) is 5.82 Å². The van der Waals surface area contributed by atoms with Crippen LogP contribution in [-0.4, -0.2) is 17.1 Å². The van der Waals surface area contributed by atoms with Crippen LogP contribution in [0.3, 0.4) is 0 Å². The number of H-pyrrole nitrogens is 1. The number of benzene rings is 2. The zero-order valence-corrected chi connectivity index (χ0v) is 14.6.